The van der Waals surface area contributed by atoms with E-state index in [0.29, 0.717) is 23.0 Å². The fourth-order valence-electron chi connectivity index (χ4n) is 2.82. The van der Waals surface area contributed by atoms with E-state index in [1.807, 2.05) is 50.2 Å². The van der Waals surface area contributed by atoms with Crippen LogP contribution in [0.4, 0.5) is 0 Å². The van der Waals surface area contributed by atoms with Crippen molar-refractivity contribution in [1.29, 1.82) is 0 Å². The highest BCUT2D eigenvalue weighted by Crippen LogP contribution is 2.34. The monoisotopic (exact) mass is 346 g/mol. The van der Waals surface area contributed by atoms with Gasteiger partial charge in [-0.05, 0) is 49.2 Å². The number of benzene rings is 2. The molecule has 0 unspecified atom stereocenters. The maximum atomic E-state index is 6.01. The molecule has 2 aromatic carbocycles. The number of rotatable bonds is 4. The average Bonchev–Trinajstić information content (AvgIpc) is 3.08. The van der Waals surface area contributed by atoms with Gasteiger partial charge in [-0.2, -0.15) is 5.10 Å². The lowest BCUT2D eigenvalue weighted by molar-refractivity contribution is 0.375. The predicted octanol–water partition coefficient (Wildman–Crippen LogP) is 4.23. The third-order valence-electron chi connectivity index (χ3n) is 4.10. The van der Waals surface area contributed by atoms with Crippen LogP contribution < -0.4 is 9.47 Å². The molecule has 0 amide bonds. The predicted molar refractivity (Wildman–Crippen MR) is 99.2 cm³/mol. The third-order valence-corrected chi connectivity index (χ3v) is 4.10. The Kier molecular flexibility index (Phi) is 4.01. The fourth-order valence-corrected chi connectivity index (χ4v) is 2.82. The summed E-state index contributed by atoms with van der Waals surface area (Å²) in [6.45, 7) is 4.05. The van der Waals surface area contributed by atoms with E-state index in [0.717, 1.165) is 22.2 Å². The number of hydrogen-bond donors (Lipinski definition) is 0. The maximum absolute atomic E-state index is 6.01. The van der Waals surface area contributed by atoms with E-state index < -0.39 is 0 Å². The van der Waals surface area contributed by atoms with E-state index in [2.05, 4.69) is 21.1 Å². The summed E-state index contributed by atoms with van der Waals surface area (Å²) >= 11 is 0. The molecule has 6 nitrogen and oxygen atoms in total. The molecule has 0 aliphatic rings. The van der Waals surface area contributed by atoms with Crippen molar-refractivity contribution in [2.75, 3.05) is 7.11 Å². The van der Waals surface area contributed by atoms with Crippen LogP contribution in [0.25, 0.3) is 16.7 Å². The van der Waals surface area contributed by atoms with Crippen LogP contribution in [0.5, 0.6) is 17.4 Å². The summed E-state index contributed by atoms with van der Waals surface area (Å²) in [6.07, 6.45) is 3.19. The van der Waals surface area contributed by atoms with Crippen molar-refractivity contribution in [2.24, 2.45) is 0 Å². The standard InChI is InChI=1S/C20H18N4O2/c1-13-5-4-6-15(9-13)24-19-16(11-23-24)20(22-12-21-19)26-17-8-7-14(2)10-18(17)25-3/h4-12H,1-3H3. The molecule has 2 heterocycles. The first kappa shape index (κ1) is 16.1. The van der Waals surface area contributed by atoms with Crippen molar-refractivity contribution >= 4 is 11.0 Å². The second-order valence-electron chi connectivity index (χ2n) is 6.07. The van der Waals surface area contributed by atoms with Gasteiger partial charge in [0.1, 0.15) is 11.7 Å². The first-order valence-electron chi connectivity index (χ1n) is 8.24. The normalized spacial score (nSPS) is 10.9. The van der Waals surface area contributed by atoms with E-state index in [1.54, 1.807) is 18.0 Å². The van der Waals surface area contributed by atoms with E-state index in [-0.39, 0.29) is 0 Å². The Bertz CT molecular complexity index is 1090. The lowest BCUT2D eigenvalue weighted by Gasteiger charge is -2.10. The molecule has 0 saturated heterocycles. The van der Waals surface area contributed by atoms with Crippen molar-refractivity contribution in [3.63, 3.8) is 0 Å². The number of methoxy groups -OCH3 is 1. The van der Waals surface area contributed by atoms with Crippen LogP contribution in [0.3, 0.4) is 0 Å². The molecule has 4 rings (SSSR count). The van der Waals surface area contributed by atoms with Gasteiger partial charge in [0.05, 0.1) is 19.0 Å². The van der Waals surface area contributed by atoms with E-state index in [4.69, 9.17) is 9.47 Å². The minimum atomic E-state index is 0.441. The average molecular weight is 346 g/mol. The maximum Gasteiger partial charge on any atom is 0.233 e. The molecular weight excluding hydrogens is 328 g/mol. The van der Waals surface area contributed by atoms with Crippen molar-refractivity contribution in [3.8, 4) is 23.1 Å². The van der Waals surface area contributed by atoms with Gasteiger partial charge in [-0.1, -0.05) is 18.2 Å². The summed E-state index contributed by atoms with van der Waals surface area (Å²) in [6, 6.07) is 13.8. The number of nitrogens with zero attached hydrogens (tertiary/aromatic N) is 4. The Morgan fingerprint density at radius 2 is 1.77 bits per heavy atom. The molecule has 0 atom stereocenters. The molecule has 0 bridgehead atoms. The highest BCUT2D eigenvalue weighted by atomic mass is 16.5. The minimum Gasteiger partial charge on any atom is -0.493 e. The Balaban J connectivity index is 1.78. The molecule has 26 heavy (non-hydrogen) atoms. The molecule has 0 spiro atoms. The molecular formula is C20H18N4O2. The summed E-state index contributed by atoms with van der Waals surface area (Å²) < 4.78 is 13.2. The van der Waals surface area contributed by atoms with Crippen molar-refractivity contribution in [2.45, 2.75) is 13.8 Å². The molecule has 0 saturated carbocycles. The van der Waals surface area contributed by atoms with Crippen molar-refractivity contribution < 1.29 is 9.47 Å². The lowest BCUT2D eigenvalue weighted by atomic mass is 10.2. The van der Waals surface area contributed by atoms with Gasteiger partial charge in [0, 0.05) is 0 Å². The number of ether oxygens (including phenoxy) is 2. The molecule has 0 fully saturated rings. The molecule has 6 heteroatoms. The largest absolute Gasteiger partial charge is 0.493 e. The molecule has 130 valence electrons. The van der Waals surface area contributed by atoms with Crippen LogP contribution in [0.1, 0.15) is 11.1 Å². The zero-order valence-electron chi connectivity index (χ0n) is 14.8. The van der Waals surface area contributed by atoms with E-state index in [1.165, 1.54) is 6.33 Å². The van der Waals surface area contributed by atoms with Gasteiger partial charge in [0.25, 0.3) is 0 Å². The smallest absolute Gasteiger partial charge is 0.233 e. The summed E-state index contributed by atoms with van der Waals surface area (Å²) in [5, 5.41) is 5.20. The van der Waals surface area contributed by atoms with Crippen LogP contribution in [0.15, 0.2) is 55.0 Å². The Hall–Kier alpha value is -3.41. The van der Waals surface area contributed by atoms with Crippen LogP contribution in [0, 0.1) is 13.8 Å². The van der Waals surface area contributed by atoms with Gasteiger partial charge in [0.15, 0.2) is 17.1 Å². The molecule has 0 aliphatic heterocycles. The molecule has 0 N–H and O–H groups in total. The zero-order chi connectivity index (χ0) is 18.1. The van der Waals surface area contributed by atoms with Crippen LogP contribution in [0.2, 0.25) is 0 Å². The van der Waals surface area contributed by atoms with E-state index in [9.17, 15) is 0 Å². The molecule has 0 radical (unpaired) electrons. The summed E-state index contributed by atoms with van der Waals surface area (Å²) in [4.78, 5) is 8.67. The summed E-state index contributed by atoms with van der Waals surface area (Å²) in [7, 11) is 1.62. The molecule has 0 aliphatic carbocycles. The lowest BCUT2D eigenvalue weighted by Crippen LogP contribution is -1.99. The Morgan fingerprint density at radius 1 is 0.923 bits per heavy atom. The van der Waals surface area contributed by atoms with Crippen LogP contribution >= 0.6 is 0 Å². The second-order valence-corrected chi connectivity index (χ2v) is 6.07. The number of aromatic nitrogens is 4. The molecule has 2 aromatic heterocycles. The summed E-state index contributed by atoms with van der Waals surface area (Å²) in [5.41, 5.74) is 3.87. The quantitative estimate of drug-likeness (QED) is 0.553. The van der Waals surface area contributed by atoms with Crippen LogP contribution in [-0.4, -0.2) is 26.9 Å². The molecule has 4 aromatic rings. The number of fused-ring (bicyclic) bond motifs is 1. The van der Waals surface area contributed by atoms with Gasteiger partial charge in [-0.25, -0.2) is 14.6 Å². The summed E-state index contributed by atoms with van der Waals surface area (Å²) in [5.74, 6) is 1.69. The van der Waals surface area contributed by atoms with Crippen molar-refractivity contribution in [1.82, 2.24) is 19.7 Å². The number of aryl methyl sites for hydroxylation is 2. The van der Waals surface area contributed by atoms with Gasteiger partial charge in [-0.15, -0.1) is 0 Å². The first-order chi connectivity index (χ1) is 12.7. The third kappa shape index (κ3) is 2.86. The topological polar surface area (TPSA) is 62.1 Å². The first-order valence-corrected chi connectivity index (χ1v) is 8.24. The highest BCUT2D eigenvalue weighted by molar-refractivity contribution is 5.81. The van der Waals surface area contributed by atoms with Crippen LogP contribution in [-0.2, 0) is 0 Å². The Morgan fingerprint density at radius 3 is 2.58 bits per heavy atom. The number of hydrogen-bond acceptors (Lipinski definition) is 5. The second kappa shape index (κ2) is 6.48. The SMILES string of the molecule is COc1cc(C)ccc1Oc1ncnc2c1cnn2-c1cccc(C)c1. The van der Waals surface area contributed by atoms with Gasteiger partial charge >= 0.3 is 0 Å². The zero-order valence-corrected chi connectivity index (χ0v) is 14.8. The minimum absolute atomic E-state index is 0.441. The van der Waals surface area contributed by atoms with E-state index >= 15 is 0 Å². The van der Waals surface area contributed by atoms with Crippen molar-refractivity contribution in [3.05, 3.63) is 66.1 Å². The Labute approximate surface area is 151 Å². The van der Waals surface area contributed by atoms with Gasteiger partial charge < -0.3 is 9.47 Å². The highest BCUT2D eigenvalue weighted by Gasteiger charge is 2.14. The fraction of sp³-hybridized carbons (Fsp3) is 0.150. The van der Waals surface area contributed by atoms with Gasteiger partial charge in [-0.3, -0.25) is 0 Å². The van der Waals surface area contributed by atoms with Gasteiger partial charge in [0.2, 0.25) is 5.88 Å².